The molecule has 114 valence electrons. The Kier molecular flexibility index (Phi) is 5.88. The highest BCUT2D eigenvalue weighted by Crippen LogP contribution is 2.35. The van der Waals surface area contributed by atoms with E-state index in [-0.39, 0.29) is 6.04 Å². The van der Waals surface area contributed by atoms with Gasteiger partial charge in [0.15, 0.2) is 4.67 Å². The van der Waals surface area contributed by atoms with Crippen LogP contribution in [0.5, 0.6) is 5.75 Å². The predicted molar refractivity (Wildman–Crippen MR) is 88.9 cm³/mol. The van der Waals surface area contributed by atoms with Gasteiger partial charge in [0, 0.05) is 11.1 Å². The Morgan fingerprint density at radius 3 is 2.67 bits per heavy atom. The molecule has 0 fully saturated rings. The molecule has 1 aromatic heterocycles. The van der Waals surface area contributed by atoms with Crippen LogP contribution >= 0.6 is 15.9 Å². The van der Waals surface area contributed by atoms with Crippen molar-refractivity contribution in [1.82, 2.24) is 5.32 Å². The average molecular weight is 352 g/mol. The molecule has 0 saturated heterocycles. The second-order valence-electron chi connectivity index (χ2n) is 5.01. The topological polar surface area (TPSA) is 34.4 Å². The van der Waals surface area contributed by atoms with Gasteiger partial charge in [-0.3, -0.25) is 0 Å². The fourth-order valence-electron chi connectivity index (χ4n) is 2.37. The summed E-state index contributed by atoms with van der Waals surface area (Å²) in [6, 6.07) is 8.35. The molecule has 0 amide bonds. The van der Waals surface area contributed by atoms with Gasteiger partial charge < -0.3 is 14.5 Å². The summed E-state index contributed by atoms with van der Waals surface area (Å²) >= 11 is 3.49. The Bertz CT molecular complexity index is 580. The zero-order valence-corrected chi connectivity index (χ0v) is 14.4. The van der Waals surface area contributed by atoms with E-state index in [1.165, 1.54) is 5.56 Å². The lowest BCUT2D eigenvalue weighted by molar-refractivity contribution is 0.333. The first-order valence-corrected chi connectivity index (χ1v) is 8.16. The van der Waals surface area contributed by atoms with Gasteiger partial charge in [-0.05, 0) is 54.9 Å². The van der Waals surface area contributed by atoms with Gasteiger partial charge in [0.05, 0.1) is 18.9 Å². The van der Waals surface area contributed by atoms with Crippen LogP contribution < -0.4 is 10.1 Å². The highest BCUT2D eigenvalue weighted by atomic mass is 79.9. The van der Waals surface area contributed by atoms with E-state index >= 15 is 0 Å². The largest absolute Gasteiger partial charge is 0.494 e. The zero-order valence-electron chi connectivity index (χ0n) is 12.8. The summed E-state index contributed by atoms with van der Waals surface area (Å²) in [5, 5.41) is 3.58. The molecule has 3 nitrogen and oxygen atoms in total. The summed E-state index contributed by atoms with van der Waals surface area (Å²) in [4.78, 5) is 0. The standard InChI is InChI=1S/C17H22BrNO2/c1-4-9-19-16(13-8-10-21-17(13)18)14-11-12(3)6-7-15(14)20-5-2/h6-8,10-11,16,19H,4-5,9H2,1-3H3. The Balaban J connectivity index is 2.45. The van der Waals surface area contributed by atoms with Gasteiger partial charge in [-0.25, -0.2) is 0 Å². The van der Waals surface area contributed by atoms with E-state index in [2.05, 4.69) is 47.2 Å². The molecule has 0 saturated carbocycles. The molecule has 0 aliphatic rings. The molecule has 0 aliphatic carbocycles. The molecule has 1 heterocycles. The number of ether oxygens (including phenoxy) is 1. The van der Waals surface area contributed by atoms with E-state index < -0.39 is 0 Å². The SMILES string of the molecule is CCCNC(c1cc(C)ccc1OCC)c1ccoc1Br. The molecule has 4 heteroatoms. The summed E-state index contributed by atoms with van der Waals surface area (Å²) in [6.07, 6.45) is 2.78. The summed E-state index contributed by atoms with van der Waals surface area (Å²) < 4.78 is 12.0. The van der Waals surface area contributed by atoms with Crippen molar-refractivity contribution in [1.29, 1.82) is 0 Å². The third-order valence-corrected chi connectivity index (χ3v) is 3.98. The Morgan fingerprint density at radius 2 is 2.05 bits per heavy atom. The van der Waals surface area contributed by atoms with Crippen molar-refractivity contribution < 1.29 is 9.15 Å². The minimum atomic E-state index is 0.0551. The summed E-state index contributed by atoms with van der Waals surface area (Å²) in [7, 11) is 0. The molecule has 1 aromatic carbocycles. The van der Waals surface area contributed by atoms with Crippen LogP contribution in [-0.4, -0.2) is 13.2 Å². The van der Waals surface area contributed by atoms with E-state index in [0.29, 0.717) is 6.61 Å². The second kappa shape index (κ2) is 7.66. The number of nitrogens with one attached hydrogen (secondary N) is 1. The predicted octanol–water partition coefficient (Wildman–Crippen LogP) is 4.84. The zero-order chi connectivity index (χ0) is 15.2. The Hall–Kier alpha value is -1.26. The number of hydrogen-bond donors (Lipinski definition) is 1. The van der Waals surface area contributed by atoms with Crippen LogP contribution in [-0.2, 0) is 0 Å². The molecule has 1 unspecified atom stereocenters. The number of benzene rings is 1. The first kappa shape index (κ1) is 16.1. The van der Waals surface area contributed by atoms with Gasteiger partial charge in [-0.1, -0.05) is 24.6 Å². The van der Waals surface area contributed by atoms with Crippen LogP contribution in [0.3, 0.4) is 0 Å². The van der Waals surface area contributed by atoms with Crippen LogP contribution in [0.1, 0.15) is 43.0 Å². The number of aryl methyl sites for hydroxylation is 1. The van der Waals surface area contributed by atoms with Crippen molar-refractivity contribution in [3.05, 3.63) is 51.9 Å². The molecule has 0 spiro atoms. The maximum Gasteiger partial charge on any atom is 0.174 e. The average Bonchev–Trinajstić information content (AvgIpc) is 2.88. The molecule has 0 aliphatic heterocycles. The third kappa shape index (κ3) is 3.89. The van der Waals surface area contributed by atoms with Crippen molar-refractivity contribution >= 4 is 15.9 Å². The molecule has 0 bridgehead atoms. The van der Waals surface area contributed by atoms with Crippen molar-refractivity contribution in [3.63, 3.8) is 0 Å². The van der Waals surface area contributed by atoms with Crippen molar-refractivity contribution in [2.75, 3.05) is 13.2 Å². The lowest BCUT2D eigenvalue weighted by Gasteiger charge is -2.22. The first-order valence-electron chi connectivity index (χ1n) is 7.37. The fourth-order valence-corrected chi connectivity index (χ4v) is 2.84. The minimum absolute atomic E-state index is 0.0551. The van der Waals surface area contributed by atoms with Gasteiger partial charge in [-0.15, -0.1) is 0 Å². The fraction of sp³-hybridized carbons (Fsp3) is 0.412. The summed E-state index contributed by atoms with van der Waals surface area (Å²) in [5.41, 5.74) is 3.46. The minimum Gasteiger partial charge on any atom is -0.494 e. The lowest BCUT2D eigenvalue weighted by Crippen LogP contribution is -2.24. The van der Waals surface area contributed by atoms with Crippen LogP contribution in [0.4, 0.5) is 0 Å². The highest BCUT2D eigenvalue weighted by Gasteiger charge is 2.22. The Labute approximate surface area is 134 Å². The Morgan fingerprint density at radius 1 is 1.24 bits per heavy atom. The van der Waals surface area contributed by atoms with E-state index in [1.54, 1.807) is 6.26 Å². The van der Waals surface area contributed by atoms with Gasteiger partial charge in [0.1, 0.15) is 5.75 Å². The van der Waals surface area contributed by atoms with Crippen LogP contribution in [0, 0.1) is 6.92 Å². The van der Waals surface area contributed by atoms with Crippen LogP contribution in [0.25, 0.3) is 0 Å². The van der Waals surface area contributed by atoms with E-state index in [0.717, 1.165) is 34.5 Å². The van der Waals surface area contributed by atoms with Gasteiger partial charge >= 0.3 is 0 Å². The van der Waals surface area contributed by atoms with Crippen LogP contribution in [0.15, 0.2) is 39.6 Å². The molecular weight excluding hydrogens is 330 g/mol. The van der Waals surface area contributed by atoms with Crippen molar-refractivity contribution in [3.8, 4) is 5.75 Å². The smallest absolute Gasteiger partial charge is 0.174 e. The van der Waals surface area contributed by atoms with Gasteiger partial charge in [-0.2, -0.15) is 0 Å². The monoisotopic (exact) mass is 351 g/mol. The molecule has 2 aromatic rings. The van der Waals surface area contributed by atoms with E-state index in [9.17, 15) is 0 Å². The molecule has 1 atom stereocenters. The van der Waals surface area contributed by atoms with E-state index in [4.69, 9.17) is 9.15 Å². The van der Waals surface area contributed by atoms with E-state index in [1.807, 2.05) is 19.1 Å². The highest BCUT2D eigenvalue weighted by molar-refractivity contribution is 9.10. The number of furan rings is 1. The van der Waals surface area contributed by atoms with Gasteiger partial charge in [0.2, 0.25) is 0 Å². The number of hydrogen-bond acceptors (Lipinski definition) is 3. The van der Waals surface area contributed by atoms with Crippen molar-refractivity contribution in [2.45, 2.75) is 33.2 Å². The summed E-state index contributed by atoms with van der Waals surface area (Å²) in [6.45, 7) is 7.85. The number of halogens is 1. The van der Waals surface area contributed by atoms with Crippen LogP contribution in [0.2, 0.25) is 0 Å². The molecule has 21 heavy (non-hydrogen) atoms. The second-order valence-corrected chi connectivity index (χ2v) is 5.73. The van der Waals surface area contributed by atoms with Gasteiger partial charge in [0.25, 0.3) is 0 Å². The molecular formula is C17H22BrNO2. The molecule has 2 rings (SSSR count). The first-order chi connectivity index (χ1) is 10.2. The quantitative estimate of drug-likeness (QED) is 0.774. The number of rotatable bonds is 7. The van der Waals surface area contributed by atoms with Crippen molar-refractivity contribution in [2.24, 2.45) is 0 Å². The maximum absolute atomic E-state index is 5.80. The molecule has 1 N–H and O–H groups in total. The summed E-state index contributed by atoms with van der Waals surface area (Å²) in [5.74, 6) is 0.921. The lowest BCUT2D eigenvalue weighted by atomic mass is 9.98. The third-order valence-electron chi connectivity index (χ3n) is 3.33. The maximum atomic E-state index is 5.80. The molecule has 0 radical (unpaired) electrons. The normalized spacial score (nSPS) is 12.4.